The molecule has 0 atom stereocenters. The fraction of sp³-hybridized carbons (Fsp3) is 0.500. The van der Waals surface area contributed by atoms with Crippen LogP contribution in [0.25, 0.3) is 11.0 Å². The maximum Gasteiger partial charge on any atom is 0.251 e. The Kier molecular flexibility index (Phi) is 7.40. The van der Waals surface area contributed by atoms with Crippen molar-refractivity contribution in [1.29, 1.82) is 0 Å². The van der Waals surface area contributed by atoms with Crippen molar-refractivity contribution in [2.24, 2.45) is 0 Å². The minimum absolute atomic E-state index is 0.177. The van der Waals surface area contributed by atoms with E-state index in [-0.39, 0.29) is 24.9 Å². The Bertz CT molecular complexity index is 1130. The van der Waals surface area contributed by atoms with Gasteiger partial charge < -0.3 is 14.8 Å². The second-order valence-corrected chi connectivity index (χ2v) is 9.91. The normalized spacial score (nSPS) is 17.4. The summed E-state index contributed by atoms with van der Waals surface area (Å²) in [7, 11) is 0. The van der Waals surface area contributed by atoms with Crippen LogP contribution in [0.3, 0.4) is 0 Å². The summed E-state index contributed by atoms with van der Waals surface area (Å²) in [6.45, 7) is 0.518. The maximum absolute atomic E-state index is 13.9. The van der Waals surface area contributed by atoms with Crippen molar-refractivity contribution < 1.29 is 9.59 Å². The van der Waals surface area contributed by atoms with Crippen molar-refractivity contribution in [3.8, 4) is 0 Å². The fourth-order valence-electron chi connectivity index (χ4n) is 5.84. The highest BCUT2D eigenvalue weighted by atomic mass is 16.2. The molecule has 0 aliphatic heterocycles. The molecule has 1 aromatic carbocycles. The summed E-state index contributed by atoms with van der Waals surface area (Å²) in [4.78, 5) is 37.6. The highest BCUT2D eigenvalue weighted by Crippen LogP contribution is 2.31. The first-order chi connectivity index (χ1) is 17.2. The summed E-state index contributed by atoms with van der Waals surface area (Å²) in [5.41, 5.74) is 2.33. The Labute approximate surface area is 206 Å². The maximum atomic E-state index is 13.9. The molecule has 3 aromatic rings. The van der Waals surface area contributed by atoms with Crippen molar-refractivity contribution in [3.05, 3.63) is 60.2 Å². The number of carbonyl (C=O) groups excluding carboxylic acids is 2. The highest BCUT2D eigenvalue weighted by molar-refractivity contribution is 5.94. The number of benzene rings is 1. The molecule has 1 N–H and O–H groups in total. The van der Waals surface area contributed by atoms with E-state index in [2.05, 4.69) is 15.2 Å². The molecule has 184 valence electrons. The lowest BCUT2D eigenvalue weighted by molar-refractivity contribution is -0.138. The molecular formula is C28H35N5O2. The Morgan fingerprint density at radius 1 is 0.886 bits per heavy atom. The van der Waals surface area contributed by atoms with Gasteiger partial charge in [-0.25, -0.2) is 4.98 Å². The van der Waals surface area contributed by atoms with Gasteiger partial charge in [-0.2, -0.15) is 0 Å². The molecule has 0 bridgehead atoms. The van der Waals surface area contributed by atoms with Crippen LogP contribution < -0.4 is 5.32 Å². The standard InChI is InChI=1S/C28H35N5O2/c34-27(33(22-9-3-1-4-10-22)23-11-5-2-6-12-23)20-32-25-14-8-7-13-24(25)31-26(32)19-30-28(35)21-15-17-29-18-16-21/h7-8,13-18,22-23H,1-6,9-12,19-20H2,(H,30,35). The topological polar surface area (TPSA) is 80.1 Å². The molecule has 2 aliphatic rings. The second-order valence-electron chi connectivity index (χ2n) is 9.91. The first kappa shape index (κ1) is 23.5. The van der Waals surface area contributed by atoms with Crippen LogP contribution >= 0.6 is 0 Å². The number of nitrogens with one attached hydrogen (secondary N) is 1. The first-order valence-electron chi connectivity index (χ1n) is 13.1. The molecule has 2 heterocycles. The minimum atomic E-state index is -0.177. The molecule has 2 aliphatic carbocycles. The Morgan fingerprint density at radius 3 is 2.17 bits per heavy atom. The van der Waals surface area contributed by atoms with E-state index in [1.54, 1.807) is 24.5 Å². The lowest BCUT2D eigenvalue weighted by atomic mass is 9.88. The third-order valence-electron chi connectivity index (χ3n) is 7.60. The zero-order chi connectivity index (χ0) is 24.0. The molecule has 2 aromatic heterocycles. The number of carbonyl (C=O) groups is 2. The molecule has 0 spiro atoms. The van der Waals surface area contributed by atoms with Crippen LogP contribution in [-0.4, -0.2) is 43.3 Å². The van der Waals surface area contributed by atoms with Gasteiger partial charge in [0.05, 0.1) is 17.6 Å². The number of nitrogens with zero attached hydrogens (tertiary/aromatic N) is 4. The number of hydrogen-bond acceptors (Lipinski definition) is 4. The van der Waals surface area contributed by atoms with E-state index < -0.39 is 0 Å². The van der Waals surface area contributed by atoms with Crippen LogP contribution in [0.1, 0.15) is 80.4 Å². The molecule has 0 unspecified atom stereocenters. The van der Waals surface area contributed by atoms with Crippen molar-refractivity contribution >= 4 is 22.8 Å². The summed E-state index contributed by atoms with van der Waals surface area (Å²) in [6, 6.07) is 12.0. The summed E-state index contributed by atoms with van der Waals surface area (Å²) in [5.74, 6) is 0.714. The Hall–Kier alpha value is -3.22. The fourth-order valence-corrected chi connectivity index (χ4v) is 5.84. The summed E-state index contributed by atoms with van der Waals surface area (Å²) in [5, 5.41) is 2.97. The van der Waals surface area contributed by atoms with Gasteiger partial charge in [0.2, 0.25) is 5.91 Å². The van der Waals surface area contributed by atoms with E-state index in [9.17, 15) is 9.59 Å². The number of pyridine rings is 1. The molecular weight excluding hydrogens is 438 g/mol. The summed E-state index contributed by atoms with van der Waals surface area (Å²) >= 11 is 0. The SMILES string of the molecule is O=C(NCc1nc2ccccc2n1CC(=O)N(C1CCCCC1)C1CCCCC1)c1ccncc1. The highest BCUT2D eigenvalue weighted by Gasteiger charge is 2.33. The van der Waals surface area contributed by atoms with E-state index in [4.69, 9.17) is 4.98 Å². The first-order valence-corrected chi connectivity index (χ1v) is 13.1. The lowest BCUT2D eigenvalue weighted by Crippen LogP contribution is -2.50. The monoisotopic (exact) mass is 473 g/mol. The van der Waals surface area contributed by atoms with E-state index in [0.717, 1.165) is 36.7 Å². The van der Waals surface area contributed by atoms with Crippen LogP contribution in [0, 0.1) is 0 Å². The molecule has 35 heavy (non-hydrogen) atoms. The van der Waals surface area contributed by atoms with Crippen LogP contribution in [0.15, 0.2) is 48.8 Å². The number of rotatable bonds is 7. The summed E-state index contributed by atoms with van der Waals surface area (Å²) in [6.07, 6.45) is 15.0. The van der Waals surface area contributed by atoms with Crippen molar-refractivity contribution in [2.75, 3.05) is 0 Å². The van der Waals surface area contributed by atoms with Gasteiger partial charge in [-0.1, -0.05) is 50.7 Å². The number of imidazole rings is 1. The van der Waals surface area contributed by atoms with Gasteiger partial charge in [-0.15, -0.1) is 0 Å². The van der Waals surface area contributed by atoms with Gasteiger partial charge >= 0.3 is 0 Å². The van der Waals surface area contributed by atoms with E-state index in [0.29, 0.717) is 23.5 Å². The zero-order valence-electron chi connectivity index (χ0n) is 20.4. The number of hydrogen-bond donors (Lipinski definition) is 1. The van der Waals surface area contributed by atoms with Gasteiger partial charge in [0.1, 0.15) is 12.4 Å². The molecule has 0 radical (unpaired) electrons. The van der Waals surface area contributed by atoms with Crippen LogP contribution in [-0.2, 0) is 17.9 Å². The van der Waals surface area contributed by atoms with Gasteiger partial charge in [-0.3, -0.25) is 14.6 Å². The zero-order valence-corrected chi connectivity index (χ0v) is 20.4. The van der Waals surface area contributed by atoms with Gasteiger partial charge in [-0.05, 0) is 49.9 Å². The summed E-state index contributed by atoms with van der Waals surface area (Å²) < 4.78 is 2.00. The lowest BCUT2D eigenvalue weighted by Gasteiger charge is -2.42. The van der Waals surface area contributed by atoms with E-state index in [1.165, 1.54) is 38.5 Å². The van der Waals surface area contributed by atoms with Crippen LogP contribution in [0.5, 0.6) is 0 Å². The molecule has 7 heteroatoms. The average Bonchev–Trinajstić information content (AvgIpc) is 3.26. The van der Waals surface area contributed by atoms with E-state index in [1.807, 2.05) is 28.8 Å². The van der Waals surface area contributed by atoms with Crippen LogP contribution in [0.4, 0.5) is 0 Å². The van der Waals surface area contributed by atoms with Crippen molar-refractivity contribution in [2.45, 2.75) is 89.4 Å². The van der Waals surface area contributed by atoms with Crippen molar-refractivity contribution in [1.82, 2.24) is 24.8 Å². The third kappa shape index (κ3) is 5.39. The molecule has 2 saturated carbocycles. The number of aromatic nitrogens is 3. The van der Waals surface area contributed by atoms with Crippen LogP contribution in [0.2, 0.25) is 0 Å². The predicted octanol–water partition coefficient (Wildman–Crippen LogP) is 4.86. The van der Waals surface area contributed by atoms with Gasteiger partial charge in [0, 0.05) is 30.0 Å². The molecule has 2 amide bonds. The number of para-hydroxylation sites is 2. The van der Waals surface area contributed by atoms with Gasteiger partial charge in [0.25, 0.3) is 5.91 Å². The molecule has 7 nitrogen and oxygen atoms in total. The quantitative estimate of drug-likeness (QED) is 0.532. The largest absolute Gasteiger partial charge is 0.345 e. The number of amides is 2. The molecule has 5 rings (SSSR count). The van der Waals surface area contributed by atoms with Crippen molar-refractivity contribution in [3.63, 3.8) is 0 Å². The van der Waals surface area contributed by atoms with Gasteiger partial charge in [0.15, 0.2) is 0 Å². The molecule has 2 fully saturated rings. The second kappa shape index (κ2) is 11.0. The smallest absolute Gasteiger partial charge is 0.251 e. The Morgan fingerprint density at radius 2 is 1.51 bits per heavy atom. The predicted molar refractivity (Wildman–Crippen MR) is 136 cm³/mol. The van der Waals surface area contributed by atoms with E-state index >= 15 is 0 Å². The number of fused-ring (bicyclic) bond motifs is 1. The molecule has 0 saturated heterocycles. The average molecular weight is 474 g/mol. The Balaban J connectivity index is 1.39. The minimum Gasteiger partial charge on any atom is -0.345 e. The third-order valence-corrected chi connectivity index (χ3v) is 7.60.